The van der Waals surface area contributed by atoms with Gasteiger partial charge in [0.2, 0.25) is 0 Å². The van der Waals surface area contributed by atoms with Crippen molar-refractivity contribution >= 4 is 5.84 Å². The molecule has 0 aliphatic rings. The van der Waals surface area contributed by atoms with Crippen LogP contribution in [0.15, 0.2) is 29.3 Å². The second-order valence-electron chi connectivity index (χ2n) is 2.90. The van der Waals surface area contributed by atoms with Gasteiger partial charge in [0.15, 0.2) is 5.84 Å². The lowest BCUT2D eigenvalue weighted by Crippen LogP contribution is -2.26. The van der Waals surface area contributed by atoms with E-state index in [9.17, 15) is 5.11 Å². The fraction of sp³-hybridized carbons (Fsp3) is 0.300. The SMILES string of the molecule is CN=C(NO)C(O)c1ccc(OC)cc1. The van der Waals surface area contributed by atoms with E-state index in [2.05, 4.69) is 4.99 Å². The maximum atomic E-state index is 9.75. The third kappa shape index (κ3) is 2.68. The minimum Gasteiger partial charge on any atom is -0.497 e. The van der Waals surface area contributed by atoms with Gasteiger partial charge in [0, 0.05) is 7.05 Å². The lowest BCUT2D eigenvalue weighted by atomic mass is 10.1. The highest BCUT2D eigenvalue weighted by atomic mass is 16.5. The molecule has 5 heteroatoms. The summed E-state index contributed by atoms with van der Waals surface area (Å²) < 4.78 is 4.99. The highest BCUT2D eigenvalue weighted by Crippen LogP contribution is 2.17. The van der Waals surface area contributed by atoms with Gasteiger partial charge >= 0.3 is 0 Å². The molecule has 1 unspecified atom stereocenters. The largest absolute Gasteiger partial charge is 0.497 e. The quantitative estimate of drug-likeness (QED) is 0.391. The van der Waals surface area contributed by atoms with Gasteiger partial charge in [0.1, 0.15) is 11.9 Å². The molecule has 5 nitrogen and oxygen atoms in total. The molecule has 0 saturated carbocycles. The van der Waals surface area contributed by atoms with Crippen LogP contribution in [0.5, 0.6) is 5.75 Å². The summed E-state index contributed by atoms with van der Waals surface area (Å²) in [5.41, 5.74) is 2.47. The summed E-state index contributed by atoms with van der Waals surface area (Å²) >= 11 is 0. The molecule has 0 radical (unpaired) electrons. The standard InChI is InChI=1S/C10H14N2O3/c1-11-10(12-14)9(13)7-3-5-8(15-2)6-4-7/h3-6,9,13-14H,1-2H3,(H,11,12). The van der Waals surface area contributed by atoms with Gasteiger partial charge in [-0.1, -0.05) is 12.1 Å². The van der Waals surface area contributed by atoms with Crippen molar-refractivity contribution in [2.45, 2.75) is 6.10 Å². The van der Waals surface area contributed by atoms with Crippen molar-refractivity contribution in [2.75, 3.05) is 14.2 Å². The molecule has 0 spiro atoms. The van der Waals surface area contributed by atoms with E-state index in [1.807, 2.05) is 5.48 Å². The number of benzene rings is 1. The molecule has 0 saturated heterocycles. The Morgan fingerprint density at radius 1 is 1.40 bits per heavy atom. The van der Waals surface area contributed by atoms with Gasteiger partial charge in [-0.25, -0.2) is 0 Å². The summed E-state index contributed by atoms with van der Waals surface area (Å²) in [6.45, 7) is 0. The zero-order chi connectivity index (χ0) is 11.3. The number of aliphatic hydroxyl groups is 1. The number of aliphatic hydroxyl groups excluding tert-OH is 1. The summed E-state index contributed by atoms with van der Waals surface area (Å²) in [6, 6.07) is 6.85. The number of methoxy groups -OCH3 is 1. The van der Waals surface area contributed by atoms with E-state index in [-0.39, 0.29) is 5.84 Å². The van der Waals surface area contributed by atoms with Crippen LogP contribution in [-0.2, 0) is 0 Å². The molecule has 15 heavy (non-hydrogen) atoms. The molecule has 0 bridgehead atoms. The Morgan fingerprint density at radius 3 is 2.40 bits per heavy atom. The van der Waals surface area contributed by atoms with E-state index in [0.717, 1.165) is 0 Å². The zero-order valence-electron chi connectivity index (χ0n) is 8.64. The molecule has 82 valence electrons. The summed E-state index contributed by atoms with van der Waals surface area (Å²) in [5, 5.41) is 18.4. The molecule has 3 N–H and O–H groups in total. The Morgan fingerprint density at radius 2 is 2.00 bits per heavy atom. The number of hydrogen-bond acceptors (Lipinski definition) is 4. The maximum Gasteiger partial charge on any atom is 0.154 e. The fourth-order valence-corrected chi connectivity index (χ4v) is 1.18. The van der Waals surface area contributed by atoms with Crippen molar-refractivity contribution in [1.82, 2.24) is 5.48 Å². The molecule has 0 aromatic heterocycles. The van der Waals surface area contributed by atoms with E-state index in [1.165, 1.54) is 7.05 Å². The summed E-state index contributed by atoms with van der Waals surface area (Å²) in [7, 11) is 3.05. The molecule has 0 aliphatic carbocycles. The minimum atomic E-state index is -0.967. The topological polar surface area (TPSA) is 74.1 Å². The van der Waals surface area contributed by atoms with Gasteiger partial charge in [-0.15, -0.1) is 0 Å². The second-order valence-corrected chi connectivity index (χ2v) is 2.90. The third-order valence-corrected chi connectivity index (χ3v) is 2.05. The van der Waals surface area contributed by atoms with Crippen LogP contribution in [0.2, 0.25) is 0 Å². The van der Waals surface area contributed by atoms with E-state index >= 15 is 0 Å². The summed E-state index contributed by atoms with van der Waals surface area (Å²) in [4.78, 5) is 3.70. The van der Waals surface area contributed by atoms with Crippen LogP contribution in [0.1, 0.15) is 11.7 Å². The first-order chi connectivity index (χ1) is 7.22. The number of nitrogens with zero attached hydrogens (tertiary/aromatic N) is 1. The van der Waals surface area contributed by atoms with Crippen LogP contribution in [0.3, 0.4) is 0 Å². The predicted octanol–water partition coefficient (Wildman–Crippen LogP) is 0.736. The summed E-state index contributed by atoms with van der Waals surface area (Å²) in [6.07, 6.45) is -0.967. The molecule has 1 aromatic carbocycles. The smallest absolute Gasteiger partial charge is 0.154 e. The van der Waals surface area contributed by atoms with Gasteiger partial charge in [0.05, 0.1) is 7.11 Å². The van der Waals surface area contributed by atoms with Gasteiger partial charge in [-0.2, -0.15) is 0 Å². The van der Waals surface area contributed by atoms with Crippen molar-refractivity contribution in [1.29, 1.82) is 0 Å². The lowest BCUT2D eigenvalue weighted by molar-refractivity contribution is 0.189. The minimum absolute atomic E-state index is 0.0974. The van der Waals surface area contributed by atoms with Crippen LogP contribution in [0.4, 0.5) is 0 Å². The van der Waals surface area contributed by atoms with Crippen LogP contribution >= 0.6 is 0 Å². The normalized spacial score (nSPS) is 13.5. The average Bonchev–Trinajstić information content (AvgIpc) is 2.30. The number of hydroxylamine groups is 1. The Bertz CT molecular complexity index is 335. The fourth-order valence-electron chi connectivity index (χ4n) is 1.18. The van der Waals surface area contributed by atoms with Gasteiger partial charge in [0.25, 0.3) is 0 Å². The van der Waals surface area contributed by atoms with Crippen molar-refractivity contribution < 1.29 is 15.1 Å². The number of hydrogen-bond donors (Lipinski definition) is 3. The van der Waals surface area contributed by atoms with Crippen LogP contribution in [0, 0.1) is 0 Å². The lowest BCUT2D eigenvalue weighted by Gasteiger charge is -2.12. The van der Waals surface area contributed by atoms with Gasteiger partial charge < -0.3 is 9.84 Å². The van der Waals surface area contributed by atoms with E-state index in [4.69, 9.17) is 9.94 Å². The first-order valence-electron chi connectivity index (χ1n) is 4.41. The Kier molecular flexibility index (Phi) is 4.08. The van der Waals surface area contributed by atoms with Crippen molar-refractivity contribution in [2.24, 2.45) is 4.99 Å². The highest BCUT2D eigenvalue weighted by molar-refractivity contribution is 5.86. The van der Waals surface area contributed by atoms with Crippen LogP contribution in [-0.4, -0.2) is 30.3 Å². The van der Waals surface area contributed by atoms with E-state index in [0.29, 0.717) is 11.3 Å². The molecule has 1 atom stereocenters. The van der Waals surface area contributed by atoms with E-state index in [1.54, 1.807) is 31.4 Å². The zero-order valence-corrected chi connectivity index (χ0v) is 8.64. The molecular weight excluding hydrogens is 196 g/mol. The predicted molar refractivity (Wildman–Crippen MR) is 56.2 cm³/mol. The highest BCUT2D eigenvalue weighted by Gasteiger charge is 2.13. The first kappa shape index (κ1) is 11.5. The molecule has 1 rings (SSSR count). The molecule has 0 fully saturated rings. The van der Waals surface area contributed by atoms with Gasteiger partial charge in [-0.3, -0.25) is 15.7 Å². The number of amidine groups is 1. The molecular formula is C10H14N2O3. The number of nitrogens with one attached hydrogen (secondary N) is 1. The molecule has 0 aliphatic heterocycles. The van der Waals surface area contributed by atoms with Crippen molar-refractivity contribution in [3.63, 3.8) is 0 Å². The third-order valence-electron chi connectivity index (χ3n) is 2.05. The molecule has 0 heterocycles. The Balaban J connectivity index is 2.86. The number of rotatable bonds is 3. The Hall–Kier alpha value is -1.59. The van der Waals surface area contributed by atoms with Gasteiger partial charge in [-0.05, 0) is 17.7 Å². The van der Waals surface area contributed by atoms with Crippen LogP contribution < -0.4 is 10.2 Å². The number of aliphatic imine (C=N–C) groups is 1. The average molecular weight is 210 g/mol. The summed E-state index contributed by atoms with van der Waals surface area (Å²) in [5.74, 6) is 0.804. The Labute approximate surface area is 88.0 Å². The number of ether oxygens (including phenoxy) is 1. The molecule has 1 aromatic rings. The second kappa shape index (κ2) is 5.33. The maximum absolute atomic E-state index is 9.75. The van der Waals surface area contributed by atoms with Crippen LogP contribution in [0.25, 0.3) is 0 Å². The van der Waals surface area contributed by atoms with Crippen molar-refractivity contribution in [3.8, 4) is 5.75 Å². The first-order valence-corrected chi connectivity index (χ1v) is 4.41. The van der Waals surface area contributed by atoms with Crippen molar-refractivity contribution in [3.05, 3.63) is 29.8 Å². The molecule has 0 amide bonds. The van der Waals surface area contributed by atoms with E-state index < -0.39 is 6.10 Å². The monoisotopic (exact) mass is 210 g/mol.